The highest BCUT2D eigenvalue weighted by Gasteiger charge is 2.28. The molecule has 10 heteroatoms. The minimum Gasteiger partial charge on any atom is -0.366 e. The van der Waals surface area contributed by atoms with Gasteiger partial charge in [0, 0.05) is 36.6 Å². The maximum absolute atomic E-state index is 13.0. The molecule has 0 bridgehead atoms. The molecule has 0 aliphatic carbocycles. The minimum atomic E-state index is -3.71. The van der Waals surface area contributed by atoms with E-state index < -0.39 is 21.8 Å². The van der Waals surface area contributed by atoms with Gasteiger partial charge in [-0.3, -0.25) is 9.59 Å². The second kappa shape index (κ2) is 9.44. The SMILES string of the molecule is CN1CCN(S(=O)(=O)c2cccc(C(=O)Nc3sc(-c4ccccc4)cc3C(N)=O)c2)CC1. The van der Waals surface area contributed by atoms with Gasteiger partial charge in [0.1, 0.15) is 5.00 Å². The second-order valence-electron chi connectivity index (χ2n) is 7.77. The first kappa shape index (κ1) is 23.1. The number of nitrogens with one attached hydrogen (secondary N) is 1. The van der Waals surface area contributed by atoms with Gasteiger partial charge in [-0.2, -0.15) is 4.31 Å². The molecule has 0 radical (unpaired) electrons. The lowest BCUT2D eigenvalue weighted by molar-refractivity contribution is 0.100. The van der Waals surface area contributed by atoms with E-state index in [4.69, 9.17) is 5.73 Å². The van der Waals surface area contributed by atoms with E-state index in [0.717, 1.165) is 10.4 Å². The largest absolute Gasteiger partial charge is 0.366 e. The Kier molecular flexibility index (Phi) is 6.61. The fourth-order valence-corrected chi connectivity index (χ4v) is 6.09. The number of amides is 2. The molecule has 0 spiro atoms. The number of anilines is 1. The summed E-state index contributed by atoms with van der Waals surface area (Å²) < 4.78 is 27.5. The van der Waals surface area contributed by atoms with Crippen molar-refractivity contribution in [2.45, 2.75) is 4.90 Å². The number of carbonyl (C=O) groups excluding carboxylic acids is 2. The Morgan fingerprint density at radius 3 is 2.33 bits per heavy atom. The number of sulfonamides is 1. The summed E-state index contributed by atoms with van der Waals surface area (Å²) in [6, 6.07) is 17.0. The van der Waals surface area contributed by atoms with Gasteiger partial charge in [-0.05, 0) is 36.9 Å². The molecule has 2 heterocycles. The number of carbonyl (C=O) groups is 2. The van der Waals surface area contributed by atoms with Crippen molar-refractivity contribution in [2.75, 3.05) is 38.5 Å². The first-order valence-electron chi connectivity index (χ1n) is 10.3. The van der Waals surface area contributed by atoms with E-state index >= 15 is 0 Å². The van der Waals surface area contributed by atoms with Crippen LogP contribution in [-0.4, -0.2) is 62.7 Å². The molecule has 2 aromatic carbocycles. The van der Waals surface area contributed by atoms with E-state index in [1.807, 2.05) is 37.4 Å². The molecule has 0 atom stereocenters. The summed E-state index contributed by atoms with van der Waals surface area (Å²) in [4.78, 5) is 27.8. The number of primary amides is 1. The van der Waals surface area contributed by atoms with Crippen molar-refractivity contribution >= 4 is 38.2 Å². The second-order valence-corrected chi connectivity index (χ2v) is 10.8. The van der Waals surface area contributed by atoms with Crippen LogP contribution in [0, 0.1) is 0 Å². The van der Waals surface area contributed by atoms with Gasteiger partial charge < -0.3 is 16.0 Å². The van der Waals surface area contributed by atoms with Gasteiger partial charge in [0.2, 0.25) is 10.0 Å². The summed E-state index contributed by atoms with van der Waals surface area (Å²) in [6.07, 6.45) is 0. The van der Waals surface area contributed by atoms with Crippen molar-refractivity contribution in [3.8, 4) is 10.4 Å². The van der Waals surface area contributed by atoms with Crippen molar-refractivity contribution in [3.05, 3.63) is 71.8 Å². The van der Waals surface area contributed by atoms with Crippen molar-refractivity contribution in [1.29, 1.82) is 0 Å². The third-order valence-electron chi connectivity index (χ3n) is 5.48. The summed E-state index contributed by atoms with van der Waals surface area (Å²) in [5, 5.41) is 3.04. The highest BCUT2D eigenvalue weighted by molar-refractivity contribution is 7.89. The molecule has 0 saturated carbocycles. The van der Waals surface area contributed by atoms with E-state index in [1.165, 1.54) is 39.9 Å². The summed E-state index contributed by atoms with van der Waals surface area (Å²) >= 11 is 1.23. The van der Waals surface area contributed by atoms with Crippen molar-refractivity contribution in [3.63, 3.8) is 0 Å². The van der Waals surface area contributed by atoms with Gasteiger partial charge in [-0.15, -0.1) is 11.3 Å². The van der Waals surface area contributed by atoms with Crippen LogP contribution < -0.4 is 11.1 Å². The summed E-state index contributed by atoms with van der Waals surface area (Å²) in [5.41, 5.74) is 6.79. The quantitative estimate of drug-likeness (QED) is 0.559. The third kappa shape index (κ3) is 4.98. The van der Waals surface area contributed by atoms with Crippen LogP contribution in [0.2, 0.25) is 0 Å². The normalized spacial score (nSPS) is 15.3. The lowest BCUT2D eigenvalue weighted by atomic mass is 10.1. The number of benzene rings is 2. The zero-order valence-corrected chi connectivity index (χ0v) is 19.7. The van der Waals surface area contributed by atoms with Crippen molar-refractivity contribution in [1.82, 2.24) is 9.21 Å². The van der Waals surface area contributed by atoms with Gasteiger partial charge in [0.25, 0.3) is 11.8 Å². The molecule has 4 rings (SSSR count). The maximum atomic E-state index is 13.0. The number of hydrogen-bond donors (Lipinski definition) is 2. The molecule has 33 heavy (non-hydrogen) atoms. The molecule has 172 valence electrons. The molecule has 1 fully saturated rings. The fraction of sp³-hybridized carbons (Fsp3) is 0.217. The molecule has 2 amide bonds. The zero-order chi connectivity index (χ0) is 23.6. The Bertz CT molecular complexity index is 1280. The van der Waals surface area contributed by atoms with Crippen LogP contribution >= 0.6 is 11.3 Å². The van der Waals surface area contributed by atoms with Crippen LogP contribution in [0.15, 0.2) is 65.6 Å². The van der Waals surface area contributed by atoms with E-state index in [1.54, 1.807) is 6.07 Å². The summed E-state index contributed by atoms with van der Waals surface area (Å²) in [7, 11) is -1.77. The predicted octanol–water partition coefficient (Wildman–Crippen LogP) is 2.70. The number of nitrogens with two attached hydrogens (primary N) is 1. The molecule has 1 aromatic heterocycles. The standard InChI is InChI=1S/C23H24N4O4S2/c1-26-10-12-27(13-11-26)33(30,31)18-9-5-8-17(14-18)22(29)25-23-19(21(24)28)15-20(32-23)16-6-3-2-4-7-16/h2-9,14-15H,10-13H2,1H3,(H2,24,28)(H,25,29). The van der Waals surface area contributed by atoms with Crippen LogP contribution in [0.3, 0.4) is 0 Å². The Hall–Kier alpha value is -3.05. The van der Waals surface area contributed by atoms with Gasteiger partial charge in [0.15, 0.2) is 0 Å². The zero-order valence-electron chi connectivity index (χ0n) is 18.0. The highest BCUT2D eigenvalue weighted by Crippen LogP contribution is 2.35. The first-order chi connectivity index (χ1) is 15.8. The monoisotopic (exact) mass is 484 g/mol. The Labute approximate surface area is 196 Å². The Morgan fingerprint density at radius 1 is 0.970 bits per heavy atom. The number of nitrogens with zero attached hydrogens (tertiary/aromatic N) is 2. The summed E-state index contributed by atoms with van der Waals surface area (Å²) in [5.74, 6) is -1.18. The molecule has 1 aliphatic rings. The average Bonchev–Trinajstić information content (AvgIpc) is 3.24. The number of rotatable bonds is 6. The van der Waals surface area contributed by atoms with Crippen LogP contribution in [-0.2, 0) is 10.0 Å². The van der Waals surface area contributed by atoms with Crippen molar-refractivity contribution in [2.24, 2.45) is 5.73 Å². The summed E-state index contributed by atoms with van der Waals surface area (Å²) in [6.45, 7) is 2.10. The number of likely N-dealkylation sites (N-methyl/N-ethyl adjacent to an activating group) is 1. The Balaban J connectivity index is 1.59. The number of thiophene rings is 1. The molecular weight excluding hydrogens is 460 g/mol. The Morgan fingerprint density at radius 2 is 1.67 bits per heavy atom. The molecule has 3 aromatic rings. The molecule has 3 N–H and O–H groups in total. The van der Waals surface area contributed by atoms with E-state index in [2.05, 4.69) is 10.2 Å². The van der Waals surface area contributed by atoms with Gasteiger partial charge in [-0.1, -0.05) is 36.4 Å². The fourth-order valence-electron chi connectivity index (χ4n) is 3.56. The average molecular weight is 485 g/mol. The maximum Gasteiger partial charge on any atom is 0.256 e. The molecule has 1 aliphatic heterocycles. The van der Waals surface area contributed by atoms with Crippen LogP contribution in [0.25, 0.3) is 10.4 Å². The third-order valence-corrected chi connectivity index (χ3v) is 8.47. The lowest BCUT2D eigenvalue weighted by Crippen LogP contribution is -2.47. The first-order valence-corrected chi connectivity index (χ1v) is 12.6. The van der Waals surface area contributed by atoms with E-state index in [9.17, 15) is 18.0 Å². The smallest absolute Gasteiger partial charge is 0.256 e. The van der Waals surface area contributed by atoms with E-state index in [0.29, 0.717) is 31.2 Å². The number of hydrogen-bond acceptors (Lipinski definition) is 6. The topological polar surface area (TPSA) is 113 Å². The van der Waals surface area contributed by atoms with Crippen LogP contribution in [0.1, 0.15) is 20.7 Å². The van der Waals surface area contributed by atoms with Gasteiger partial charge >= 0.3 is 0 Å². The number of piperazine rings is 1. The van der Waals surface area contributed by atoms with Crippen LogP contribution in [0.5, 0.6) is 0 Å². The molecule has 0 unspecified atom stereocenters. The van der Waals surface area contributed by atoms with Crippen molar-refractivity contribution < 1.29 is 18.0 Å². The van der Waals surface area contributed by atoms with Gasteiger partial charge in [-0.25, -0.2) is 8.42 Å². The lowest BCUT2D eigenvalue weighted by Gasteiger charge is -2.31. The highest BCUT2D eigenvalue weighted by atomic mass is 32.2. The van der Waals surface area contributed by atoms with Gasteiger partial charge in [0.05, 0.1) is 10.5 Å². The molecule has 8 nitrogen and oxygen atoms in total. The predicted molar refractivity (Wildman–Crippen MR) is 129 cm³/mol. The minimum absolute atomic E-state index is 0.0611. The van der Waals surface area contributed by atoms with E-state index in [-0.39, 0.29) is 16.0 Å². The molecular formula is C23H24N4O4S2. The molecule has 1 saturated heterocycles. The van der Waals surface area contributed by atoms with Crippen LogP contribution in [0.4, 0.5) is 5.00 Å².